The third-order valence-corrected chi connectivity index (χ3v) is 5.70. The molecule has 7 nitrogen and oxygen atoms in total. The summed E-state index contributed by atoms with van der Waals surface area (Å²) in [6, 6.07) is 14.8. The lowest BCUT2D eigenvalue weighted by molar-refractivity contribution is -0.128. The number of benzene rings is 2. The van der Waals surface area contributed by atoms with Gasteiger partial charge in [-0.25, -0.2) is 4.98 Å². The quantitative estimate of drug-likeness (QED) is 0.608. The second-order valence-electron chi connectivity index (χ2n) is 7.19. The van der Waals surface area contributed by atoms with E-state index in [1.807, 2.05) is 42.7 Å². The van der Waals surface area contributed by atoms with Gasteiger partial charge in [-0.2, -0.15) is 11.8 Å². The van der Waals surface area contributed by atoms with Crippen molar-refractivity contribution in [2.45, 2.75) is 25.5 Å². The molecule has 0 radical (unpaired) electrons. The molecule has 0 fully saturated rings. The van der Waals surface area contributed by atoms with Gasteiger partial charge in [0.05, 0.1) is 22.8 Å². The van der Waals surface area contributed by atoms with Crippen LogP contribution in [0.3, 0.4) is 0 Å². The van der Waals surface area contributed by atoms with Crippen LogP contribution in [0.4, 0.5) is 5.69 Å². The number of imidazole rings is 1. The number of hydrogen-bond acceptors (Lipinski definition) is 5. The van der Waals surface area contributed by atoms with Gasteiger partial charge in [0.25, 0.3) is 5.91 Å². The maximum absolute atomic E-state index is 12.9. The largest absolute Gasteiger partial charge is 0.479 e. The van der Waals surface area contributed by atoms with Crippen molar-refractivity contribution in [3.05, 3.63) is 54.4 Å². The topological polar surface area (TPSA) is 87.3 Å². The van der Waals surface area contributed by atoms with E-state index in [1.54, 1.807) is 30.8 Å². The summed E-state index contributed by atoms with van der Waals surface area (Å²) in [5, 5.41) is 3.06. The van der Waals surface area contributed by atoms with Crippen LogP contribution < -0.4 is 15.0 Å². The molecule has 4 rings (SSSR count). The molecule has 2 amide bonds. The number of rotatable bonds is 7. The Kier molecular flexibility index (Phi) is 5.94. The van der Waals surface area contributed by atoms with Crippen molar-refractivity contribution >= 4 is 40.3 Å². The van der Waals surface area contributed by atoms with E-state index in [-0.39, 0.29) is 24.4 Å². The van der Waals surface area contributed by atoms with Gasteiger partial charge in [0.15, 0.2) is 6.10 Å². The Morgan fingerprint density at radius 3 is 2.83 bits per heavy atom. The molecule has 30 heavy (non-hydrogen) atoms. The van der Waals surface area contributed by atoms with Crippen LogP contribution in [0.2, 0.25) is 0 Å². The SMILES string of the molecule is CSCCC(NC(=O)CN1C(=O)C(C)Oc2ccccc21)c1nc2ccccc2[nH]1. The number of ether oxygens (including phenoxy) is 1. The molecule has 0 bridgehead atoms. The number of carbonyl (C=O) groups excluding carboxylic acids is 2. The zero-order valence-corrected chi connectivity index (χ0v) is 17.7. The number of aromatic nitrogens is 2. The highest BCUT2D eigenvalue weighted by Crippen LogP contribution is 2.33. The monoisotopic (exact) mass is 424 g/mol. The predicted octanol–water partition coefficient (Wildman–Crippen LogP) is 3.29. The number of thioether (sulfide) groups is 1. The van der Waals surface area contributed by atoms with Crippen molar-refractivity contribution in [3.8, 4) is 5.75 Å². The normalized spacial score (nSPS) is 16.8. The third-order valence-electron chi connectivity index (χ3n) is 5.06. The second-order valence-corrected chi connectivity index (χ2v) is 8.18. The van der Waals surface area contributed by atoms with Crippen LogP contribution in [0.1, 0.15) is 25.2 Å². The zero-order chi connectivity index (χ0) is 21.1. The highest BCUT2D eigenvalue weighted by atomic mass is 32.2. The van der Waals surface area contributed by atoms with Crippen molar-refractivity contribution in [2.75, 3.05) is 23.5 Å². The van der Waals surface area contributed by atoms with E-state index in [4.69, 9.17) is 4.74 Å². The highest BCUT2D eigenvalue weighted by molar-refractivity contribution is 7.98. The number of aromatic amines is 1. The zero-order valence-electron chi connectivity index (χ0n) is 16.9. The van der Waals surface area contributed by atoms with E-state index in [2.05, 4.69) is 15.3 Å². The highest BCUT2D eigenvalue weighted by Gasteiger charge is 2.33. The number of nitrogens with one attached hydrogen (secondary N) is 2. The summed E-state index contributed by atoms with van der Waals surface area (Å²) in [6.45, 7) is 1.62. The number of H-pyrrole nitrogens is 1. The maximum Gasteiger partial charge on any atom is 0.268 e. The molecule has 156 valence electrons. The minimum absolute atomic E-state index is 0.0699. The van der Waals surface area contributed by atoms with Gasteiger partial charge in [-0.05, 0) is 49.6 Å². The number of nitrogens with zero attached hydrogens (tertiary/aromatic N) is 2. The van der Waals surface area contributed by atoms with E-state index in [0.29, 0.717) is 11.4 Å². The summed E-state index contributed by atoms with van der Waals surface area (Å²) >= 11 is 1.71. The van der Waals surface area contributed by atoms with Crippen LogP contribution in [0.25, 0.3) is 11.0 Å². The molecule has 3 aromatic rings. The van der Waals surface area contributed by atoms with E-state index in [0.717, 1.165) is 29.0 Å². The fourth-order valence-electron chi connectivity index (χ4n) is 3.56. The molecule has 2 N–H and O–H groups in total. The lowest BCUT2D eigenvalue weighted by Crippen LogP contribution is -2.49. The number of para-hydroxylation sites is 4. The molecule has 0 spiro atoms. The molecule has 2 atom stereocenters. The summed E-state index contributed by atoms with van der Waals surface area (Å²) in [6.07, 6.45) is 2.13. The minimum atomic E-state index is -0.629. The van der Waals surface area contributed by atoms with Crippen molar-refractivity contribution in [3.63, 3.8) is 0 Å². The Hall–Kier alpha value is -3.00. The van der Waals surface area contributed by atoms with Crippen LogP contribution >= 0.6 is 11.8 Å². The Bertz CT molecular complexity index is 1030. The van der Waals surface area contributed by atoms with Crippen LogP contribution in [0.15, 0.2) is 48.5 Å². The van der Waals surface area contributed by atoms with Gasteiger partial charge < -0.3 is 15.0 Å². The molecular weight excluding hydrogens is 400 g/mol. The average molecular weight is 425 g/mol. The van der Waals surface area contributed by atoms with Gasteiger partial charge >= 0.3 is 0 Å². The summed E-state index contributed by atoms with van der Waals surface area (Å²) in [5.41, 5.74) is 2.41. The Morgan fingerprint density at radius 1 is 1.27 bits per heavy atom. The number of carbonyl (C=O) groups is 2. The first-order valence-corrected chi connectivity index (χ1v) is 11.3. The fourth-order valence-corrected chi connectivity index (χ4v) is 4.03. The van der Waals surface area contributed by atoms with Gasteiger partial charge in [-0.3, -0.25) is 14.5 Å². The van der Waals surface area contributed by atoms with Crippen molar-refractivity contribution < 1.29 is 14.3 Å². The molecule has 1 aromatic heterocycles. The summed E-state index contributed by atoms with van der Waals surface area (Å²) in [4.78, 5) is 35.1. The molecule has 2 unspecified atom stereocenters. The number of amides is 2. The second kappa shape index (κ2) is 8.79. The average Bonchev–Trinajstić information content (AvgIpc) is 3.18. The summed E-state index contributed by atoms with van der Waals surface area (Å²) < 4.78 is 5.65. The first-order valence-electron chi connectivity index (χ1n) is 9.87. The van der Waals surface area contributed by atoms with E-state index >= 15 is 0 Å². The van der Waals surface area contributed by atoms with Crippen molar-refractivity contribution in [1.82, 2.24) is 15.3 Å². The fraction of sp³-hybridized carbons (Fsp3) is 0.318. The van der Waals surface area contributed by atoms with Crippen molar-refractivity contribution in [1.29, 1.82) is 0 Å². The first-order chi connectivity index (χ1) is 14.6. The van der Waals surface area contributed by atoms with Gasteiger partial charge in [0, 0.05) is 0 Å². The van der Waals surface area contributed by atoms with Gasteiger partial charge in [-0.1, -0.05) is 24.3 Å². The molecular formula is C22H24N4O3S. The number of fused-ring (bicyclic) bond motifs is 2. The Balaban J connectivity index is 1.53. The van der Waals surface area contributed by atoms with E-state index in [9.17, 15) is 9.59 Å². The standard InChI is InChI=1S/C22H24N4O3S/c1-14-22(28)26(18-9-5-6-10-19(18)29-14)13-20(27)23-17(11-12-30-2)21-24-15-7-3-4-8-16(15)25-21/h3-10,14,17H,11-13H2,1-2H3,(H,23,27)(H,24,25). The lowest BCUT2D eigenvalue weighted by Gasteiger charge is -2.32. The van der Waals surface area contributed by atoms with Crippen LogP contribution in [-0.4, -0.2) is 46.4 Å². The first kappa shape index (κ1) is 20.3. The van der Waals surface area contributed by atoms with Crippen LogP contribution in [0.5, 0.6) is 5.75 Å². The van der Waals surface area contributed by atoms with E-state index < -0.39 is 6.10 Å². The molecule has 2 aromatic carbocycles. The summed E-state index contributed by atoms with van der Waals surface area (Å²) in [7, 11) is 0. The minimum Gasteiger partial charge on any atom is -0.479 e. The molecule has 0 aliphatic carbocycles. The molecule has 0 saturated carbocycles. The molecule has 8 heteroatoms. The van der Waals surface area contributed by atoms with E-state index in [1.165, 1.54) is 4.90 Å². The van der Waals surface area contributed by atoms with Gasteiger partial charge in [0.2, 0.25) is 5.91 Å². The molecule has 1 aliphatic heterocycles. The Labute approximate surface area is 179 Å². The maximum atomic E-state index is 12.9. The predicted molar refractivity (Wildman–Crippen MR) is 119 cm³/mol. The van der Waals surface area contributed by atoms with Crippen molar-refractivity contribution in [2.24, 2.45) is 0 Å². The summed E-state index contributed by atoms with van der Waals surface area (Å²) in [5.74, 6) is 1.74. The smallest absolute Gasteiger partial charge is 0.268 e. The lowest BCUT2D eigenvalue weighted by atomic mass is 10.1. The molecule has 1 aliphatic rings. The third kappa shape index (κ3) is 4.14. The molecule has 0 saturated heterocycles. The van der Waals surface area contributed by atoms with Crippen LogP contribution in [0, 0.1) is 0 Å². The Morgan fingerprint density at radius 2 is 2.03 bits per heavy atom. The van der Waals surface area contributed by atoms with Crippen LogP contribution in [-0.2, 0) is 9.59 Å². The number of hydrogen-bond donors (Lipinski definition) is 2. The van der Waals surface area contributed by atoms with Gasteiger partial charge in [0.1, 0.15) is 18.1 Å². The van der Waals surface area contributed by atoms with Gasteiger partial charge in [-0.15, -0.1) is 0 Å². The molecule has 2 heterocycles. The number of anilines is 1.